The van der Waals surface area contributed by atoms with Crippen molar-refractivity contribution in [2.24, 2.45) is 5.41 Å². The smallest absolute Gasteiger partial charge is 0.239 e. The summed E-state index contributed by atoms with van der Waals surface area (Å²) in [4.78, 5) is 16.5. The molecule has 0 aliphatic carbocycles. The number of carbonyl (C=O) groups excluding carboxylic acids is 1. The number of carbonyl (C=O) groups is 1. The minimum atomic E-state index is -1.05. The summed E-state index contributed by atoms with van der Waals surface area (Å²) in [5.41, 5.74) is 0.0760. The van der Waals surface area contributed by atoms with Crippen LogP contribution in [0.3, 0.4) is 0 Å². The van der Waals surface area contributed by atoms with E-state index in [0.29, 0.717) is 11.1 Å². The summed E-state index contributed by atoms with van der Waals surface area (Å²) in [6.07, 6.45) is 1.64. The maximum absolute atomic E-state index is 14.2. The zero-order valence-corrected chi connectivity index (χ0v) is 13.7. The van der Waals surface area contributed by atoms with Gasteiger partial charge in [-0.25, -0.2) is 9.37 Å². The normalized spacial score (nSPS) is 15.5. The first-order chi connectivity index (χ1) is 11.4. The average Bonchev–Trinajstić information content (AvgIpc) is 2.53. The van der Waals surface area contributed by atoms with Crippen LogP contribution in [0.5, 0.6) is 11.6 Å². The summed E-state index contributed by atoms with van der Waals surface area (Å²) < 4.78 is 19.8. The molecule has 5 nitrogen and oxygen atoms in total. The van der Waals surface area contributed by atoms with Gasteiger partial charge in [0, 0.05) is 17.0 Å². The van der Waals surface area contributed by atoms with E-state index in [1.807, 2.05) is 0 Å². The molecule has 1 aliphatic rings. The monoisotopic (exact) mass is 345 g/mol. The summed E-state index contributed by atoms with van der Waals surface area (Å²) in [6, 6.07) is 7.80. The summed E-state index contributed by atoms with van der Waals surface area (Å²) in [5, 5.41) is 11.1. The van der Waals surface area contributed by atoms with Gasteiger partial charge in [0.2, 0.25) is 11.8 Å². The minimum Gasteiger partial charge on any atom is -0.435 e. The number of rotatable bonds is 2. The molecule has 0 bridgehead atoms. The van der Waals surface area contributed by atoms with Crippen molar-refractivity contribution in [1.29, 1.82) is 5.26 Å². The van der Waals surface area contributed by atoms with Crippen LogP contribution in [0, 0.1) is 22.7 Å². The number of pyridine rings is 1. The fourth-order valence-corrected chi connectivity index (χ4v) is 3.12. The maximum atomic E-state index is 14.2. The van der Waals surface area contributed by atoms with E-state index in [4.69, 9.17) is 21.6 Å². The molecule has 1 aliphatic heterocycles. The molecule has 1 unspecified atom stereocenters. The predicted molar refractivity (Wildman–Crippen MR) is 85.1 cm³/mol. The van der Waals surface area contributed by atoms with Crippen molar-refractivity contribution in [2.75, 3.05) is 0 Å². The first kappa shape index (κ1) is 16.2. The highest BCUT2D eigenvalue weighted by atomic mass is 35.5. The van der Waals surface area contributed by atoms with E-state index in [0.717, 1.165) is 0 Å². The summed E-state index contributed by atoms with van der Waals surface area (Å²) >= 11 is 5.91. The van der Waals surface area contributed by atoms with E-state index in [2.05, 4.69) is 10.3 Å². The third-order valence-electron chi connectivity index (χ3n) is 4.15. The Balaban J connectivity index is 2.24. The molecule has 0 radical (unpaired) electrons. The molecule has 2 aromatic rings. The lowest BCUT2D eigenvalue weighted by molar-refractivity contribution is -0.128. The van der Waals surface area contributed by atoms with Crippen LogP contribution in [0.2, 0.25) is 5.15 Å². The van der Waals surface area contributed by atoms with Crippen LogP contribution in [0.15, 0.2) is 30.3 Å². The molecule has 1 aromatic heterocycles. The third kappa shape index (κ3) is 2.47. The number of hydrogen-bond donors (Lipinski definition) is 1. The Bertz CT molecular complexity index is 877. The van der Waals surface area contributed by atoms with Crippen molar-refractivity contribution < 1.29 is 13.9 Å². The highest BCUT2D eigenvalue weighted by Gasteiger charge is 2.44. The van der Waals surface area contributed by atoms with E-state index < -0.39 is 23.1 Å². The Kier molecular flexibility index (Phi) is 3.90. The lowest BCUT2D eigenvalue weighted by Crippen LogP contribution is -2.40. The van der Waals surface area contributed by atoms with E-state index in [1.165, 1.54) is 6.07 Å². The number of halogens is 2. The van der Waals surface area contributed by atoms with E-state index in [1.54, 1.807) is 44.3 Å². The standard InChI is InChI=1S/C17H13ClFN3O2/c1-17(2,16(23)21-8-20)13-9-4-3-5-11(19)14(9)24-15-10(13)6-7-12(18)22-15/h3-7,13H,1-2H3,(H,21,23). The van der Waals surface area contributed by atoms with Crippen molar-refractivity contribution in [3.63, 3.8) is 0 Å². The average molecular weight is 346 g/mol. The first-order valence-electron chi connectivity index (χ1n) is 7.18. The fourth-order valence-electron chi connectivity index (χ4n) is 2.98. The number of aromatic nitrogens is 1. The molecule has 2 heterocycles. The highest BCUT2D eigenvalue weighted by Crippen LogP contribution is 2.52. The van der Waals surface area contributed by atoms with Gasteiger partial charge in [0.15, 0.2) is 17.8 Å². The van der Waals surface area contributed by atoms with Gasteiger partial charge in [-0.1, -0.05) is 37.6 Å². The molecule has 1 atom stereocenters. The Morgan fingerprint density at radius 1 is 1.38 bits per heavy atom. The van der Waals surface area contributed by atoms with Gasteiger partial charge in [-0.3, -0.25) is 10.1 Å². The van der Waals surface area contributed by atoms with Gasteiger partial charge >= 0.3 is 0 Å². The van der Waals surface area contributed by atoms with Gasteiger partial charge < -0.3 is 4.74 Å². The lowest BCUT2D eigenvalue weighted by Gasteiger charge is -2.37. The number of hydrogen-bond acceptors (Lipinski definition) is 4. The van der Waals surface area contributed by atoms with Crippen LogP contribution in [0.4, 0.5) is 4.39 Å². The van der Waals surface area contributed by atoms with Crippen LogP contribution in [0.1, 0.15) is 30.9 Å². The lowest BCUT2D eigenvalue weighted by atomic mass is 9.70. The molecular formula is C17H13ClFN3O2. The van der Waals surface area contributed by atoms with E-state index in [-0.39, 0.29) is 16.8 Å². The topological polar surface area (TPSA) is 75.0 Å². The number of nitriles is 1. The molecule has 1 N–H and O–H groups in total. The van der Waals surface area contributed by atoms with Gasteiger partial charge in [-0.2, -0.15) is 5.26 Å². The minimum absolute atomic E-state index is 0.0163. The van der Waals surface area contributed by atoms with Crippen molar-refractivity contribution in [3.8, 4) is 17.8 Å². The van der Waals surface area contributed by atoms with Crippen molar-refractivity contribution in [3.05, 3.63) is 52.4 Å². The van der Waals surface area contributed by atoms with Crippen molar-refractivity contribution >= 4 is 17.5 Å². The number of nitrogens with one attached hydrogen (secondary N) is 1. The van der Waals surface area contributed by atoms with E-state index in [9.17, 15) is 9.18 Å². The maximum Gasteiger partial charge on any atom is 0.239 e. The number of fused-ring (bicyclic) bond motifs is 2. The Hall–Kier alpha value is -2.65. The SMILES string of the molecule is CC(C)(C(=O)NC#N)C1c2ccc(Cl)nc2Oc2c(F)cccc21. The Morgan fingerprint density at radius 3 is 2.83 bits per heavy atom. The van der Waals surface area contributed by atoms with Crippen LogP contribution in [-0.2, 0) is 4.79 Å². The third-order valence-corrected chi connectivity index (χ3v) is 4.36. The molecule has 0 fully saturated rings. The van der Waals surface area contributed by atoms with E-state index >= 15 is 0 Å². The molecule has 24 heavy (non-hydrogen) atoms. The molecule has 1 amide bonds. The number of nitrogens with zero attached hydrogens (tertiary/aromatic N) is 2. The van der Waals surface area contributed by atoms with Crippen LogP contribution < -0.4 is 10.1 Å². The molecule has 1 aromatic carbocycles. The molecule has 0 spiro atoms. The van der Waals surface area contributed by atoms with Crippen LogP contribution >= 0.6 is 11.6 Å². The zero-order chi connectivity index (χ0) is 17.5. The molecule has 0 saturated carbocycles. The Morgan fingerprint density at radius 2 is 2.12 bits per heavy atom. The largest absolute Gasteiger partial charge is 0.435 e. The summed E-state index contributed by atoms with van der Waals surface area (Å²) in [6.45, 7) is 3.37. The fraction of sp³-hybridized carbons (Fsp3) is 0.235. The number of para-hydroxylation sites is 1. The quantitative estimate of drug-likeness (QED) is 0.511. The Labute approximate surface area is 143 Å². The second-order valence-electron chi connectivity index (χ2n) is 6.01. The molecule has 122 valence electrons. The zero-order valence-electron chi connectivity index (χ0n) is 12.9. The molecule has 7 heteroatoms. The van der Waals surface area contributed by atoms with Gasteiger partial charge in [-0.05, 0) is 18.2 Å². The second kappa shape index (κ2) is 5.77. The molecule has 3 rings (SSSR count). The number of amides is 1. The number of ether oxygens (including phenoxy) is 1. The predicted octanol–water partition coefficient (Wildman–Crippen LogP) is 3.74. The molecular weight excluding hydrogens is 333 g/mol. The van der Waals surface area contributed by atoms with Crippen molar-refractivity contribution in [1.82, 2.24) is 10.3 Å². The molecule has 0 saturated heterocycles. The summed E-state index contributed by atoms with van der Waals surface area (Å²) in [5.74, 6) is -1.41. The van der Waals surface area contributed by atoms with Gasteiger partial charge in [-0.15, -0.1) is 0 Å². The van der Waals surface area contributed by atoms with Crippen molar-refractivity contribution in [2.45, 2.75) is 19.8 Å². The van der Waals surface area contributed by atoms with Crippen LogP contribution in [-0.4, -0.2) is 10.9 Å². The van der Waals surface area contributed by atoms with Gasteiger partial charge in [0.1, 0.15) is 5.15 Å². The first-order valence-corrected chi connectivity index (χ1v) is 7.56. The van der Waals surface area contributed by atoms with Gasteiger partial charge in [0.05, 0.1) is 5.41 Å². The highest BCUT2D eigenvalue weighted by molar-refractivity contribution is 6.29. The summed E-state index contributed by atoms with van der Waals surface area (Å²) in [7, 11) is 0. The van der Waals surface area contributed by atoms with Crippen LogP contribution in [0.25, 0.3) is 0 Å². The number of benzene rings is 1. The van der Waals surface area contributed by atoms with Gasteiger partial charge in [0.25, 0.3) is 0 Å². The second-order valence-corrected chi connectivity index (χ2v) is 6.40.